The van der Waals surface area contributed by atoms with E-state index in [9.17, 15) is 13.6 Å². The van der Waals surface area contributed by atoms with Crippen LogP contribution in [0.1, 0.15) is 31.2 Å². The van der Waals surface area contributed by atoms with Crippen LogP contribution in [0.15, 0.2) is 16.9 Å². The predicted octanol–water partition coefficient (Wildman–Crippen LogP) is 1.91. The van der Waals surface area contributed by atoms with Crippen LogP contribution in [0.4, 0.5) is 8.78 Å². The Morgan fingerprint density at radius 3 is 2.88 bits per heavy atom. The zero-order valence-electron chi connectivity index (χ0n) is 8.70. The summed E-state index contributed by atoms with van der Waals surface area (Å²) in [5.74, 6) is 0. The number of aromatic nitrogens is 3. The smallest absolute Gasteiger partial charge is 0.280 e. The van der Waals surface area contributed by atoms with Crippen molar-refractivity contribution in [2.45, 2.75) is 26.2 Å². The maximum atomic E-state index is 12.4. The highest BCUT2D eigenvalue weighted by Crippen LogP contribution is 2.15. The van der Waals surface area contributed by atoms with E-state index in [1.807, 2.05) is 6.92 Å². The normalized spacial score (nSPS) is 11.5. The molecule has 2 heterocycles. The molecule has 1 N–H and O–H groups in total. The van der Waals surface area contributed by atoms with Crippen LogP contribution in [0.3, 0.4) is 0 Å². The van der Waals surface area contributed by atoms with Crippen LogP contribution >= 0.6 is 0 Å². The second-order valence-electron chi connectivity index (χ2n) is 3.54. The average Bonchev–Trinajstić information content (AvgIpc) is 2.61. The molecule has 0 spiro atoms. The van der Waals surface area contributed by atoms with Crippen LogP contribution in [0.2, 0.25) is 0 Å². The quantitative estimate of drug-likeness (QED) is 0.870. The largest absolute Gasteiger partial charge is 0.294 e. The highest BCUT2D eigenvalue weighted by atomic mass is 19.3. The predicted molar refractivity (Wildman–Crippen MR) is 54.8 cm³/mol. The summed E-state index contributed by atoms with van der Waals surface area (Å²) in [4.78, 5) is 15.2. The molecule has 0 atom stereocenters. The fourth-order valence-corrected chi connectivity index (χ4v) is 1.57. The number of H-pyrrole nitrogens is 1. The number of hydrogen-bond donors (Lipinski definition) is 1. The summed E-state index contributed by atoms with van der Waals surface area (Å²) in [6.45, 7) is 1.99. The molecule has 86 valence electrons. The number of nitrogens with one attached hydrogen (secondary N) is 1. The van der Waals surface area contributed by atoms with Gasteiger partial charge in [-0.2, -0.15) is 0 Å². The lowest BCUT2D eigenvalue weighted by molar-refractivity contribution is 0.146. The van der Waals surface area contributed by atoms with Gasteiger partial charge in [0, 0.05) is 17.8 Å². The van der Waals surface area contributed by atoms with Crippen molar-refractivity contribution in [1.29, 1.82) is 0 Å². The lowest BCUT2D eigenvalue weighted by Crippen LogP contribution is -2.15. The minimum Gasteiger partial charge on any atom is -0.294 e. The molecule has 0 unspecified atom stereocenters. The van der Waals surface area contributed by atoms with Crippen LogP contribution in [0.5, 0.6) is 0 Å². The van der Waals surface area contributed by atoms with Gasteiger partial charge in [0.2, 0.25) is 0 Å². The van der Waals surface area contributed by atoms with E-state index >= 15 is 0 Å². The van der Waals surface area contributed by atoms with Gasteiger partial charge >= 0.3 is 0 Å². The molecule has 0 aliphatic rings. The van der Waals surface area contributed by atoms with Crippen molar-refractivity contribution >= 4 is 5.65 Å². The molecule has 0 aromatic carbocycles. The van der Waals surface area contributed by atoms with Gasteiger partial charge in [-0.1, -0.05) is 13.3 Å². The van der Waals surface area contributed by atoms with Crippen molar-refractivity contribution in [1.82, 2.24) is 14.6 Å². The van der Waals surface area contributed by atoms with Crippen molar-refractivity contribution in [3.8, 4) is 0 Å². The van der Waals surface area contributed by atoms with Gasteiger partial charge in [0.05, 0.1) is 0 Å². The molecule has 4 nitrogen and oxygen atoms in total. The Morgan fingerprint density at radius 2 is 2.25 bits per heavy atom. The van der Waals surface area contributed by atoms with Gasteiger partial charge < -0.3 is 0 Å². The number of halogens is 2. The first-order chi connectivity index (χ1) is 7.61. The van der Waals surface area contributed by atoms with Crippen LogP contribution in [-0.2, 0) is 6.42 Å². The summed E-state index contributed by atoms with van der Waals surface area (Å²) < 4.78 is 26.0. The van der Waals surface area contributed by atoms with Crippen LogP contribution in [-0.4, -0.2) is 14.6 Å². The molecule has 2 aromatic heterocycles. The Balaban J connectivity index is 2.59. The minimum absolute atomic E-state index is 0.242. The topological polar surface area (TPSA) is 50.2 Å². The van der Waals surface area contributed by atoms with Gasteiger partial charge in [0.1, 0.15) is 5.69 Å². The number of alkyl halides is 2. The minimum atomic E-state index is -2.72. The van der Waals surface area contributed by atoms with Crippen LogP contribution in [0, 0.1) is 0 Å². The molecule has 2 aromatic rings. The van der Waals surface area contributed by atoms with Crippen LogP contribution < -0.4 is 5.56 Å². The van der Waals surface area contributed by atoms with Gasteiger partial charge in [-0.25, -0.2) is 18.3 Å². The van der Waals surface area contributed by atoms with Gasteiger partial charge in [-0.3, -0.25) is 9.89 Å². The molecule has 2 rings (SSSR count). The van der Waals surface area contributed by atoms with E-state index in [1.54, 1.807) is 6.07 Å². The zero-order valence-corrected chi connectivity index (χ0v) is 8.70. The lowest BCUT2D eigenvalue weighted by Gasteiger charge is -1.97. The van der Waals surface area contributed by atoms with Gasteiger partial charge in [0.15, 0.2) is 5.65 Å². The molecule has 0 amide bonds. The average molecular weight is 227 g/mol. The molecule has 0 aliphatic carbocycles. The zero-order chi connectivity index (χ0) is 11.7. The fourth-order valence-electron chi connectivity index (χ4n) is 1.57. The Kier molecular flexibility index (Phi) is 2.72. The molecule has 0 fully saturated rings. The Bertz CT molecular complexity index is 559. The molecule has 0 bridgehead atoms. The fraction of sp³-hybridized carbons (Fsp3) is 0.400. The number of aryl methyl sites for hydroxylation is 1. The van der Waals surface area contributed by atoms with Crippen molar-refractivity contribution < 1.29 is 8.78 Å². The number of aromatic amines is 1. The first kappa shape index (κ1) is 10.8. The van der Waals surface area contributed by atoms with Crippen molar-refractivity contribution in [3.63, 3.8) is 0 Å². The summed E-state index contributed by atoms with van der Waals surface area (Å²) >= 11 is 0. The number of nitrogens with zero attached hydrogens (tertiary/aromatic N) is 2. The third-order valence-electron chi connectivity index (χ3n) is 2.27. The summed E-state index contributed by atoms with van der Waals surface area (Å²) in [6.07, 6.45) is -1.06. The number of rotatable bonds is 3. The van der Waals surface area contributed by atoms with E-state index < -0.39 is 17.7 Å². The Morgan fingerprint density at radius 1 is 1.50 bits per heavy atom. The first-order valence-corrected chi connectivity index (χ1v) is 5.01. The molecule has 0 aliphatic heterocycles. The third-order valence-corrected chi connectivity index (χ3v) is 2.27. The first-order valence-electron chi connectivity index (χ1n) is 5.01. The van der Waals surface area contributed by atoms with Gasteiger partial charge in [-0.05, 0) is 6.42 Å². The Labute approximate surface area is 89.9 Å². The van der Waals surface area contributed by atoms with E-state index in [0.717, 1.165) is 24.6 Å². The SMILES string of the molecule is CCCc1cc2nc(C(F)F)cc(=O)n2[nH]1. The molecule has 0 radical (unpaired) electrons. The molecular formula is C10H11F2N3O. The van der Waals surface area contributed by atoms with E-state index in [0.29, 0.717) is 0 Å². The van der Waals surface area contributed by atoms with E-state index in [-0.39, 0.29) is 5.65 Å². The van der Waals surface area contributed by atoms with E-state index in [2.05, 4.69) is 10.1 Å². The number of fused-ring (bicyclic) bond motifs is 1. The van der Waals surface area contributed by atoms with E-state index in [1.165, 1.54) is 4.52 Å². The summed E-state index contributed by atoms with van der Waals surface area (Å²) in [5.41, 5.74) is 0.0690. The maximum absolute atomic E-state index is 12.4. The summed E-state index contributed by atoms with van der Waals surface area (Å²) in [5, 5.41) is 2.83. The van der Waals surface area contributed by atoms with Gasteiger partial charge in [-0.15, -0.1) is 0 Å². The van der Waals surface area contributed by atoms with Crippen molar-refractivity contribution in [2.75, 3.05) is 0 Å². The highest BCUT2D eigenvalue weighted by molar-refractivity contribution is 5.39. The molecule has 6 heteroatoms. The molecule has 0 saturated carbocycles. The second kappa shape index (κ2) is 4.03. The third kappa shape index (κ3) is 1.82. The van der Waals surface area contributed by atoms with Crippen molar-refractivity contribution in [2.24, 2.45) is 0 Å². The second-order valence-corrected chi connectivity index (χ2v) is 3.54. The maximum Gasteiger partial charge on any atom is 0.280 e. The standard InChI is InChI=1S/C10H11F2N3O/c1-2-3-6-4-8-13-7(10(11)12)5-9(16)15(8)14-6/h4-5,10,14H,2-3H2,1H3. The van der Waals surface area contributed by atoms with Crippen molar-refractivity contribution in [3.05, 3.63) is 33.9 Å². The summed E-state index contributed by atoms with van der Waals surface area (Å²) in [6, 6.07) is 2.47. The lowest BCUT2D eigenvalue weighted by atomic mass is 10.2. The molecule has 0 saturated heterocycles. The van der Waals surface area contributed by atoms with E-state index in [4.69, 9.17) is 0 Å². The molecule has 16 heavy (non-hydrogen) atoms. The molecular weight excluding hydrogens is 216 g/mol. The van der Waals surface area contributed by atoms with Crippen LogP contribution in [0.25, 0.3) is 5.65 Å². The van der Waals surface area contributed by atoms with Gasteiger partial charge in [0.25, 0.3) is 12.0 Å². The summed E-state index contributed by atoms with van der Waals surface area (Å²) in [7, 11) is 0. The Hall–Kier alpha value is -1.72. The number of hydrogen-bond acceptors (Lipinski definition) is 2. The monoisotopic (exact) mass is 227 g/mol. The highest BCUT2D eigenvalue weighted by Gasteiger charge is 2.12.